The number of primary amides is 1. The van der Waals surface area contributed by atoms with E-state index in [4.69, 9.17) is 28.0 Å². The molecule has 0 aliphatic carbocycles. The van der Waals surface area contributed by atoms with Crippen molar-refractivity contribution in [1.82, 2.24) is 20.9 Å². The van der Waals surface area contributed by atoms with Gasteiger partial charge in [0.15, 0.2) is 5.96 Å². The predicted octanol–water partition coefficient (Wildman–Crippen LogP) is -2.63. The largest absolute Gasteiger partial charge is 0.481 e. The smallest absolute Gasteiger partial charge is 0.326 e. The van der Waals surface area contributed by atoms with Crippen LogP contribution in [-0.4, -0.2) is 87.4 Å². The van der Waals surface area contributed by atoms with Crippen molar-refractivity contribution in [2.24, 2.45) is 27.9 Å². The molecule has 0 bridgehead atoms. The number of hydrogen-bond acceptors (Lipinski definition) is 8. The quantitative estimate of drug-likeness (QED) is 0.0477. The lowest BCUT2D eigenvalue weighted by Gasteiger charge is -2.25. The molecule has 17 nitrogen and oxygen atoms in total. The lowest BCUT2D eigenvalue weighted by molar-refractivity contribution is -0.142. The van der Waals surface area contributed by atoms with Crippen molar-refractivity contribution in [3.63, 3.8) is 0 Å². The minimum absolute atomic E-state index is 0.0471. The first-order chi connectivity index (χ1) is 20.3. The zero-order chi connectivity index (χ0) is 32.1. The van der Waals surface area contributed by atoms with Gasteiger partial charge in [0.25, 0.3) is 0 Å². The number of aromatic amines is 1. The summed E-state index contributed by atoms with van der Waals surface area (Å²) < 4.78 is 0. The Morgan fingerprint density at radius 3 is 2.07 bits per heavy atom. The summed E-state index contributed by atoms with van der Waals surface area (Å²) >= 11 is 0. The van der Waals surface area contributed by atoms with Crippen LogP contribution in [-0.2, 0) is 35.2 Å². The number of aliphatic carboxylic acids is 2. The number of rotatable bonds is 18. The fourth-order valence-corrected chi connectivity index (χ4v) is 4.16. The van der Waals surface area contributed by atoms with E-state index < -0.39 is 72.6 Å². The first-order valence-electron chi connectivity index (χ1n) is 13.3. The molecule has 14 N–H and O–H groups in total. The molecule has 4 atom stereocenters. The Bertz CT molecular complexity index is 1360. The van der Waals surface area contributed by atoms with Crippen LogP contribution < -0.4 is 38.9 Å². The second-order valence-corrected chi connectivity index (χ2v) is 9.74. The Kier molecular flexibility index (Phi) is 12.9. The van der Waals surface area contributed by atoms with Crippen LogP contribution >= 0.6 is 0 Å². The number of aliphatic imine (C=N–C) groups is 1. The van der Waals surface area contributed by atoms with Gasteiger partial charge in [-0.3, -0.25) is 29.0 Å². The lowest BCUT2D eigenvalue weighted by Crippen LogP contribution is -2.57. The summed E-state index contributed by atoms with van der Waals surface area (Å²) in [7, 11) is 0. The number of H-pyrrole nitrogens is 1. The maximum absolute atomic E-state index is 13.3. The van der Waals surface area contributed by atoms with Crippen LogP contribution in [0.1, 0.15) is 37.7 Å². The van der Waals surface area contributed by atoms with E-state index in [1.165, 1.54) is 0 Å². The van der Waals surface area contributed by atoms with Crippen molar-refractivity contribution in [3.8, 4) is 0 Å². The maximum atomic E-state index is 13.3. The van der Waals surface area contributed by atoms with Gasteiger partial charge in [-0.15, -0.1) is 0 Å². The molecule has 4 amide bonds. The second kappa shape index (κ2) is 16.3. The molecule has 0 saturated heterocycles. The van der Waals surface area contributed by atoms with Crippen molar-refractivity contribution in [2.45, 2.75) is 62.7 Å². The van der Waals surface area contributed by atoms with E-state index in [0.29, 0.717) is 5.56 Å². The highest BCUT2D eigenvalue weighted by Gasteiger charge is 2.31. The van der Waals surface area contributed by atoms with Crippen LogP contribution in [0.3, 0.4) is 0 Å². The number of carboxylic acid groups (broad SMARTS) is 2. The Balaban J connectivity index is 2.24. The molecule has 1 heterocycles. The first-order valence-corrected chi connectivity index (χ1v) is 13.3. The van der Waals surface area contributed by atoms with Gasteiger partial charge >= 0.3 is 11.9 Å². The summed E-state index contributed by atoms with van der Waals surface area (Å²) in [6.07, 6.45) is 0.268. The fraction of sp³-hybridized carbons (Fsp3) is 0.423. The Labute approximate surface area is 245 Å². The highest BCUT2D eigenvalue weighted by atomic mass is 16.4. The molecular formula is C26H37N9O8. The third-order valence-electron chi connectivity index (χ3n) is 6.33. The van der Waals surface area contributed by atoms with Gasteiger partial charge in [0, 0.05) is 36.5 Å². The predicted molar refractivity (Wildman–Crippen MR) is 154 cm³/mol. The zero-order valence-electron chi connectivity index (χ0n) is 23.2. The molecule has 0 saturated carbocycles. The molecule has 0 spiro atoms. The van der Waals surface area contributed by atoms with E-state index in [2.05, 4.69) is 25.9 Å². The number of carbonyl (C=O) groups excluding carboxylic acids is 4. The normalized spacial score (nSPS) is 13.6. The fourth-order valence-electron chi connectivity index (χ4n) is 4.16. The van der Waals surface area contributed by atoms with E-state index in [1.807, 2.05) is 12.1 Å². The number of nitrogens with one attached hydrogen (secondary N) is 4. The molecule has 17 heteroatoms. The van der Waals surface area contributed by atoms with Crippen LogP contribution in [0.25, 0.3) is 10.9 Å². The van der Waals surface area contributed by atoms with E-state index in [-0.39, 0.29) is 38.2 Å². The number of hydrogen-bond donors (Lipinski definition) is 10. The number of fused-ring (bicyclic) bond motifs is 1. The highest BCUT2D eigenvalue weighted by Crippen LogP contribution is 2.19. The second-order valence-electron chi connectivity index (χ2n) is 9.74. The summed E-state index contributed by atoms with van der Waals surface area (Å²) in [5.74, 6) is -6.38. The number of amides is 4. The molecule has 0 aliphatic rings. The summed E-state index contributed by atoms with van der Waals surface area (Å²) in [4.78, 5) is 80.2. The molecule has 0 fully saturated rings. The number of guanidine groups is 1. The van der Waals surface area contributed by atoms with Crippen molar-refractivity contribution in [2.75, 3.05) is 6.54 Å². The van der Waals surface area contributed by atoms with Crippen molar-refractivity contribution in [1.29, 1.82) is 0 Å². The van der Waals surface area contributed by atoms with Gasteiger partial charge in [-0.2, -0.15) is 0 Å². The van der Waals surface area contributed by atoms with Crippen LogP contribution in [0.5, 0.6) is 0 Å². The standard InChI is InChI=1S/C26H37N9O8/c27-15(11-20(28)36)22(39)33-18(7-8-21(37)38)24(41)34-17(6-3-9-31-26(29)30)23(40)35-19(25(42)43)10-13-12-32-16-5-2-1-4-14(13)16/h1-2,4-5,12,15,17-19,32H,3,6-11,27H2,(H2,28,36)(H,33,39)(H,34,41)(H,35,40)(H,37,38)(H,42,43)(H4,29,30,31). The van der Waals surface area contributed by atoms with Gasteiger partial charge < -0.3 is 54.1 Å². The van der Waals surface area contributed by atoms with Crippen LogP contribution in [0.15, 0.2) is 35.5 Å². The molecule has 4 unspecified atom stereocenters. The number of para-hydroxylation sites is 1. The molecule has 2 rings (SSSR count). The first kappa shape index (κ1) is 34.0. The van der Waals surface area contributed by atoms with E-state index in [9.17, 15) is 33.9 Å². The summed E-state index contributed by atoms with van der Waals surface area (Å²) in [5, 5.41) is 26.9. The van der Waals surface area contributed by atoms with Crippen LogP contribution in [0.2, 0.25) is 0 Å². The van der Waals surface area contributed by atoms with Crippen LogP contribution in [0, 0.1) is 0 Å². The van der Waals surface area contributed by atoms with Gasteiger partial charge in [0.1, 0.15) is 18.1 Å². The Morgan fingerprint density at radius 2 is 1.47 bits per heavy atom. The molecular weight excluding hydrogens is 566 g/mol. The Morgan fingerprint density at radius 1 is 0.860 bits per heavy atom. The monoisotopic (exact) mass is 603 g/mol. The van der Waals surface area contributed by atoms with E-state index >= 15 is 0 Å². The highest BCUT2D eigenvalue weighted by molar-refractivity contribution is 5.95. The van der Waals surface area contributed by atoms with E-state index in [1.54, 1.807) is 18.3 Å². The van der Waals surface area contributed by atoms with Gasteiger partial charge in [0.05, 0.1) is 12.5 Å². The number of carbonyl (C=O) groups is 6. The molecule has 234 valence electrons. The third kappa shape index (κ3) is 11.3. The number of nitrogens with zero attached hydrogens (tertiary/aromatic N) is 1. The van der Waals surface area contributed by atoms with Crippen LogP contribution in [0.4, 0.5) is 0 Å². The number of nitrogens with two attached hydrogens (primary N) is 4. The van der Waals surface area contributed by atoms with Crippen molar-refractivity contribution >= 4 is 52.4 Å². The van der Waals surface area contributed by atoms with Gasteiger partial charge in [-0.25, -0.2) is 4.79 Å². The average Bonchev–Trinajstić information content (AvgIpc) is 3.33. The molecule has 2 aromatic rings. The molecule has 1 aromatic carbocycles. The number of carboxylic acids is 2. The SMILES string of the molecule is NC(=O)CC(N)C(=O)NC(CCC(=O)O)C(=O)NC(CCCN=C(N)N)C(=O)NC(Cc1c[nH]c2ccccc12)C(=O)O. The van der Waals surface area contributed by atoms with E-state index in [0.717, 1.165) is 10.9 Å². The topological polar surface area (TPSA) is 311 Å². The van der Waals surface area contributed by atoms with Gasteiger partial charge in [0.2, 0.25) is 23.6 Å². The van der Waals surface area contributed by atoms with Gasteiger partial charge in [-0.05, 0) is 30.9 Å². The summed E-state index contributed by atoms with van der Waals surface area (Å²) in [6, 6.07) is 1.65. The minimum atomic E-state index is -1.46. The number of aromatic nitrogens is 1. The molecule has 43 heavy (non-hydrogen) atoms. The lowest BCUT2D eigenvalue weighted by atomic mass is 10.0. The zero-order valence-corrected chi connectivity index (χ0v) is 23.2. The number of benzene rings is 1. The van der Waals surface area contributed by atoms with Gasteiger partial charge in [-0.1, -0.05) is 18.2 Å². The summed E-state index contributed by atoms with van der Waals surface area (Å²) in [5.41, 5.74) is 22.8. The average molecular weight is 604 g/mol. The minimum Gasteiger partial charge on any atom is -0.481 e. The molecule has 0 radical (unpaired) electrons. The summed E-state index contributed by atoms with van der Waals surface area (Å²) in [6.45, 7) is 0.0842. The maximum Gasteiger partial charge on any atom is 0.326 e. The Hall–Kier alpha value is -5.19. The van der Waals surface area contributed by atoms with Crippen molar-refractivity contribution in [3.05, 3.63) is 36.0 Å². The molecule has 0 aliphatic heterocycles. The third-order valence-corrected chi connectivity index (χ3v) is 6.33. The molecule has 1 aromatic heterocycles. The van der Waals surface area contributed by atoms with Crippen molar-refractivity contribution < 1.29 is 39.0 Å².